The van der Waals surface area contributed by atoms with Gasteiger partial charge < -0.3 is 4.74 Å². The maximum Gasteiger partial charge on any atom is 0.344 e. The molecule has 1 aromatic heterocycles. The molecule has 29 heavy (non-hydrogen) atoms. The minimum absolute atomic E-state index is 0.00957. The van der Waals surface area contributed by atoms with Crippen LogP contribution in [0.3, 0.4) is 0 Å². The van der Waals surface area contributed by atoms with Crippen LogP contribution in [0.4, 0.5) is 0 Å². The molecule has 0 unspecified atom stereocenters. The number of hydrogen-bond acceptors (Lipinski definition) is 6. The number of aromatic amines is 1. The Morgan fingerprint density at radius 3 is 2.66 bits per heavy atom. The summed E-state index contributed by atoms with van der Waals surface area (Å²) < 4.78 is 7.03. The number of aromatic nitrogens is 3. The first-order chi connectivity index (χ1) is 13.7. The summed E-state index contributed by atoms with van der Waals surface area (Å²) in [6.45, 7) is 7.38. The zero-order valence-corrected chi connectivity index (χ0v) is 17.7. The number of ether oxygens (including phenoxy) is 1. The van der Waals surface area contributed by atoms with Crippen molar-refractivity contribution in [2.75, 3.05) is 12.4 Å². The van der Waals surface area contributed by atoms with Crippen LogP contribution >= 0.6 is 11.8 Å². The Labute approximate surface area is 173 Å². The zero-order chi connectivity index (χ0) is 21.0. The third-order valence-corrected chi connectivity index (χ3v) is 5.71. The molecule has 1 fully saturated rings. The number of imide groups is 1. The maximum atomic E-state index is 12.3. The molecule has 1 aromatic carbocycles. The number of nitrogens with one attached hydrogen (secondary N) is 2. The van der Waals surface area contributed by atoms with Crippen molar-refractivity contribution in [2.45, 2.75) is 56.8 Å². The van der Waals surface area contributed by atoms with E-state index < -0.39 is 11.8 Å². The minimum atomic E-state index is -0.449. The summed E-state index contributed by atoms with van der Waals surface area (Å²) in [4.78, 5) is 36.4. The van der Waals surface area contributed by atoms with Gasteiger partial charge in [0.25, 0.3) is 5.91 Å². The fourth-order valence-electron chi connectivity index (χ4n) is 3.05. The quantitative estimate of drug-likeness (QED) is 0.696. The fraction of sp³-hybridized carbons (Fsp3) is 0.500. The highest BCUT2D eigenvalue weighted by molar-refractivity contribution is 7.99. The molecule has 1 aliphatic rings. The number of rotatable bonds is 6. The Bertz CT molecular complexity index is 921. The number of H-pyrrole nitrogens is 1. The number of benzene rings is 1. The van der Waals surface area contributed by atoms with E-state index in [1.54, 1.807) is 12.1 Å². The molecule has 0 bridgehead atoms. The van der Waals surface area contributed by atoms with Crippen molar-refractivity contribution in [3.8, 4) is 0 Å². The van der Waals surface area contributed by atoms with Gasteiger partial charge in [0.05, 0.1) is 18.4 Å². The number of carbonyl (C=O) groups is 2. The lowest BCUT2D eigenvalue weighted by molar-refractivity contribution is -0.117. The van der Waals surface area contributed by atoms with E-state index in [0.29, 0.717) is 23.9 Å². The molecule has 0 radical (unpaired) electrons. The zero-order valence-electron chi connectivity index (χ0n) is 16.9. The predicted molar refractivity (Wildman–Crippen MR) is 110 cm³/mol. The average Bonchev–Trinajstić information content (AvgIpc) is 3.30. The largest absolute Gasteiger partial charge is 0.376 e. The van der Waals surface area contributed by atoms with E-state index in [-0.39, 0.29) is 23.0 Å². The number of amides is 2. The van der Waals surface area contributed by atoms with Gasteiger partial charge in [0.1, 0.15) is 0 Å². The van der Waals surface area contributed by atoms with Gasteiger partial charge in [-0.2, -0.15) is 0 Å². The highest BCUT2D eigenvalue weighted by Gasteiger charge is 2.21. The van der Waals surface area contributed by atoms with Crippen molar-refractivity contribution in [3.63, 3.8) is 0 Å². The first-order valence-electron chi connectivity index (χ1n) is 9.58. The first kappa shape index (κ1) is 21.3. The van der Waals surface area contributed by atoms with Gasteiger partial charge in [0.2, 0.25) is 5.91 Å². The van der Waals surface area contributed by atoms with Gasteiger partial charge in [-0.25, -0.2) is 9.89 Å². The van der Waals surface area contributed by atoms with Gasteiger partial charge in [0, 0.05) is 12.2 Å². The van der Waals surface area contributed by atoms with Crippen LogP contribution in [0, 0.1) is 0 Å². The van der Waals surface area contributed by atoms with Crippen molar-refractivity contribution >= 4 is 23.6 Å². The van der Waals surface area contributed by atoms with Crippen LogP contribution in [-0.4, -0.2) is 45.0 Å². The lowest BCUT2D eigenvalue weighted by Crippen LogP contribution is -2.32. The smallest absolute Gasteiger partial charge is 0.344 e. The Morgan fingerprint density at radius 1 is 1.31 bits per heavy atom. The predicted octanol–water partition coefficient (Wildman–Crippen LogP) is 2.10. The standard InChI is InChI=1S/C20H26N4O4S/c1-20(2,3)14-8-6-13(7-9-14)17(26)21-16(25)12-29-19-23-22-18(27)24(19)11-15-5-4-10-28-15/h6-9,15H,4-5,10-12H2,1-3H3,(H,22,27)(H,21,25,26)/t15-/m1/s1. The van der Waals surface area contributed by atoms with E-state index >= 15 is 0 Å². The summed E-state index contributed by atoms with van der Waals surface area (Å²) in [7, 11) is 0. The van der Waals surface area contributed by atoms with E-state index in [1.165, 1.54) is 4.57 Å². The Kier molecular flexibility index (Phi) is 6.59. The van der Waals surface area contributed by atoms with Crippen LogP contribution in [0.5, 0.6) is 0 Å². The van der Waals surface area contributed by atoms with E-state index in [2.05, 4.69) is 36.3 Å². The molecule has 0 saturated carbocycles. The van der Waals surface area contributed by atoms with Crippen LogP contribution in [0.15, 0.2) is 34.2 Å². The molecule has 3 rings (SSSR count). The molecule has 2 N–H and O–H groups in total. The van der Waals surface area contributed by atoms with Crippen LogP contribution in [0.25, 0.3) is 0 Å². The van der Waals surface area contributed by atoms with E-state index in [0.717, 1.165) is 30.2 Å². The summed E-state index contributed by atoms with van der Waals surface area (Å²) in [5, 5.41) is 9.15. The average molecular weight is 419 g/mol. The van der Waals surface area contributed by atoms with Crippen molar-refractivity contribution in [3.05, 3.63) is 45.9 Å². The van der Waals surface area contributed by atoms with Crippen LogP contribution in [0.2, 0.25) is 0 Å². The van der Waals surface area contributed by atoms with Gasteiger partial charge in [-0.15, -0.1) is 5.10 Å². The molecule has 156 valence electrons. The summed E-state index contributed by atoms with van der Waals surface area (Å²) in [5.41, 5.74) is 1.19. The summed E-state index contributed by atoms with van der Waals surface area (Å²) in [6.07, 6.45) is 1.85. The van der Waals surface area contributed by atoms with Crippen molar-refractivity contribution in [1.29, 1.82) is 0 Å². The third kappa shape index (κ3) is 5.57. The summed E-state index contributed by atoms with van der Waals surface area (Å²) in [5.74, 6) is -0.921. The van der Waals surface area contributed by atoms with Crippen molar-refractivity contribution in [1.82, 2.24) is 20.1 Å². The molecule has 1 aliphatic heterocycles. The van der Waals surface area contributed by atoms with Crippen molar-refractivity contribution in [2.24, 2.45) is 0 Å². The van der Waals surface area contributed by atoms with Crippen LogP contribution < -0.4 is 11.0 Å². The van der Waals surface area contributed by atoms with Gasteiger partial charge in [-0.05, 0) is 36.0 Å². The lowest BCUT2D eigenvalue weighted by Gasteiger charge is -2.19. The fourth-order valence-corrected chi connectivity index (χ4v) is 3.81. The SMILES string of the molecule is CC(C)(C)c1ccc(C(=O)NC(=O)CSc2n[nH]c(=O)n2C[C@H]2CCCO2)cc1. The Hall–Kier alpha value is -2.39. The molecule has 2 aromatic rings. The summed E-state index contributed by atoms with van der Waals surface area (Å²) in [6, 6.07) is 7.20. The minimum Gasteiger partial charge on any atom is -0.376 e. The van der Waals surface area contributed by atoms with E-state index in [1.807, 2.05) is 12.1 Å². The molecular weight excluding hydrogens is 392 g/mol. The number of carbonyl (C=O) groups excluding carboxylic acids is 2. The number of hydrogen-bond donors (Lipinski definition) is 2. The molecule has 2 amide bonds. The molecule has 2 heterocycles. The van der Waals surface area contributed by atoms with Crippen molar-refractivity contribution < 1.29 is 14.3 Å². The van der Waals surface area contributed by atoms with Gasteiger partial charge >= 0.3 is 5.69 Å². The lowest BCUT2D eigenvalue weighted by atomic mass is 9.87. The van der Waals surface area contributed by atoms with E-state index in [9.17, 15) is 14.4 Å². The van der Waals surface area contributed by atoms with Gasteiger partial charge in [-0.3, -0.25) is 19.5 Å². The Balaban J connectivity index is 1.55. The van der Waals surface area contributed by atoms with Gasteiger partial charge in [-0.1, -0.05) is 44.7 Å². The maximum absolute atomic E-state index is 12.3. The Morgan fingerprint density at radius 2 is 2.03 bits per heavy atom. The molecule has 0 aliphatic carbocycles. The first-order valence-corrected chi connectivity index (χ1v) is 10.6. The third-order valence-electron chi connectivity index (χ3n) is 4.73. The second kappa shape index (κ2) is 8.96. The molecule has 1 saturated heterocycles. The molecule has 9 heteroatoms. The molecule has 8 nitrogen and oxygen atoms in total. The highest BCUT2D eigenvalue weighted by atomic mass is 32.2. The van der Waals surface area contributed by atoms with Crippen LogP contribution in [0.1, 0.15) is 49.5 Å². The normalized spacial score (nSPS) is 16.7. The molecular formula is C20H26N4O4S. The summed E-state index contributed by atoms with van der Waals surface area (Å²) >= 11 is 1.10. The number of thioether (sulfide) groups is 1. The number of nitrogens with zero attached hydrogens (tertiary/aromatic N) is 2. The second-order valence-electron chi connectivity index (χ2n) is 8.05. The van der Waals surface area contributed by atoms with Crippen LogP contribution in [-0.2, 0) is 21.5 Å². The highest BCUT2D eigenvalue weighted by Crippen LogP contribution is 2.22. The molecule has 0 spiro atoms. The monoisotopic (exact) mass is 418 g/mol. The molecule has 1 atom stereocenters. The second-order valence-corrected chi connectivity index (χ2v) is 8.99. The van der Waals surface area contributed by atoms with E-state index in [4.69, 9.17) is 4.74 Å². The topological polar surface area (TPSA) is 106 Å². The van der Waals surface area contributed by atoms with Gasteiger partial charge in [0.15, 0.2) is 5.16 Å².